The fourth-order valence-corrected chi connectivity index (χ4v) is 4.48. The van der Waals surface area contributed by atoms with Crippen LogP contribution in [-0.2, 0) is 36.9 Å². The maximum atomic E-state index is 13.6. The number of methoxy groups -OCH3 is 1. The number of carbonyl (C=O) groups is 1. The van der Waals surface area contributed by atoms with Crippen molar-refractivity contribution in [1.29, 1.82) is 0 Å². The van der Waals surface area contributed by atoms with Gasteiger partial charge < -0.3 is 10.1 Å². The van der Waals surface area contributed by atoms with Crippen LogP contribution in [0.4, 0.5) is 14.6 Å². The van der Waals surface area contributed by atoms with Crippen LogP contribution in [0, 0.1) is 11.6 Å². The number of nitrogens with one attached hydrogen (secondary N) is 1. The summed E-state index contributed by atoms with van der Waals surface area (Å²) >= 11 is 0. The number of nitrogens with zero attached hydrogens (tertiary/aromatic N) is 2. The molecule has 0 aliphatic heterocycles. The zero-order chi connectivity index (χ0) is 25.1. The molecule has 0 radical (unpaired) electrons. The molecule has 1 aliphatic rings. The molecule has 182 valence electrons. The van der Waals surface area contributed by atoms with Gasteiger partial charge in [-0.15, -0.1) is 0 Å². The number of halogens is 2. The number of fused-ring (bicyclic) bond motifs is 3. The van der Waals surface area contributed by atoms with E-state index in [4.69, 9.17) is 14.7 Å². The average Bonchev–Trinajstić information content (AvgIpc) is 2.89. The fourth-order valence-electron chi connectivity index (χ4n) is 4.48. The Kier molecular flexibility index (Phi) is 6.71. The van der Waals surface area contributed by atoms with Crippen LogP contribution in [0.25, 0.3) is 11.3 Å². The van der Waals surface area contributed by atoms with Crippen molar-refractivity contribution in [2.45, 2.75) is 32.1 Å². The van der Waals surface area contributed by atoms with E-state index in [1.807, 2.05) is 36.4 Å². The Hall–Kier alpha value is -4.13. The Bertz CT molecular complexity index is 1420. The predicted octanol–water partition coefficient (Wildman–Crippen LogP) is 5.50. The second-order valence-electron chi connectivity index (χ2n) is 8.80. The van der Waals surface area contributed by atoms with E-state index in [9.17, 15) is 13.6 Å². The van der Waals surface area contributed by atoms with E-state index in [0.717, 1.165) is 58.8 Å². The van der Waals surface area contributed by atoms with Gasteiger partial charge in [0.05, 0.1) is 30.6 Å². The molecule has 5 rings (SSSR count). The van der Waals surface area contributed by atoms with Crippen LogP contribution >= 0.6 is 0 Å². The molecule has 0 spiro atoms. The smallest absolute Gasteiger partial charge is 0.229 e. The lowest BCUT2D eigenvalue weighted by Crippen LogP contribution is -2.20. The number of aryl methyl sites for hydroxylation is 4. The summed E-state index contributed by atoms with van der Waals surface area (Å²) in [7, 11) is 1.65. The standard InChI is InChI=1S/C29H25F2N3O2/c1-36-21-10-11-22-20(17-21)9-14-25-28(22)32-26(13-8-18-5-3-2-4-6-18)29(33-25)34-27(35)16-19-7-12-23(30)24(31)15-19/h2-7,10-12,15,17H,8-9,13-14,16H2,1H3,(H,33,34,35). The van der Waals surface area contributed by atoms with E-state index in [0.29, 0.717) is 29.9 Å². The first-order valence-corrected chi connectivity index (χ1v) is 11.8. The van der Waals surface area contributed by atoms with Gasteiger partial charge in [-0.25, -0.2) is 18.7 Å². The molecule has 0 fully saturated rings. The Morgan fingerprint density at radius 2 is 1.75 bits per heavy atom. The van der Waals surface area contributed by atoms with E-state index >= 15 is 0 Å². The Morgan fingerprint density at radius 3 is 2.53 bits per heavy atom. The molecule has 36 heavy (non-hydrogen) atoms. The molecule has 4 aromatic rings. The van der Waals surface area contributed by atoms with Crippen molar-refractivity contribution in [3.8, 4) is 17.0 Å². The van der Waals surface area contributed by atoms with Gasteiger partial charge in [0.1, 0.15) is 5.75 Å². The highest BCUT2D eigenvalue weighted by Crippen LogP contribution is 2.35. The highest BCUT2D eigenvalue weighted by molar-refractivity contribution is 5.92. The first-order valence-electron chi connectivity index (χ1n) is 11.8. The molecule has 1 aromatic heterocycles. The first kappa shape index (κ1) is 23.6. The molecule has 1 aliphatic carbocycles. The summed E-state index contributed by atoms with van der Waals surface area (Å²) in [6, 6.07) is 19.5. The number of amides is 1. The second-order valence-corrected chi connectivity index (χ2v) is 8.80. The Labute approximate surface area is 208 Å². The highest BCUT2D eigenvalue weighted by atomic mass is 19.2. The minimum atomic E-state index is -0.979. The van der Waals surface area contributed by atoms with E-state index in [1.54, 1.807) is 7.11 Å². The van der Waals surface area contributed by atoms with Gasteiger partial charge in [-0.3, -0.25) is 4.79 Å². The zero-order valence-electron chi connectivity index (χ0n) is 19.9. The molecule has 1 heterocycles. The minimum Gasteiger partial charge on any atom is -0.497 e. The van der Waals surface area contributed by atoms with Crippen molar-refractivity contribution < 1.29 is 18.3 Å². The maximum absolute atomic E-state index is 13.6. The van der Waals surface area contributed by atoms with Crippen molar-refractivity contribution in [2.24, 2.45) is 0 Å². The van der Waals surface area contributed by atoms with Crippen LogP contribution in [0.2, 0.25) is 0 Å². The third-order valence-corrected chi connectivity index (χ3v) is 6.34. The molecule has 1 N–H and O–H groups in total. The van der Waals surface area contributed by atoms with Crippen LogP contribution in [-0.4, -0.2) is 23.0 Å². The second kappa shape index (κ2) is 10.2. The molecule has 3 aromatic carbocycles. The van der Waals surface area contributed by atoms with E-state index in [2.05, 4.69) is 17.4 Å². The number of aromatic nitrogens is 2. The molecule has 0 atom stereocenters. The average molecular weight is 486 g/mol. The number of anilines is 1. The molecule has 7 heteroatoms. The summed E-state index contributed by atoms with van der Waals surface area (Å²) in [5, 5.41) is 2.87. The predicted molar refractivity (Wildman–Crippen MR) is 134 cm³/mol. The zero-order valence-corrected chi connectivity index (χ0v) is 19.9. The number of rotatable bonds is 7. The number of hydrogen-bond donors (Lipinski definition) is 1. The molecule has 0 unspecified atom stereocenters. The summed E-state index contributed by atoms with van der Waals surface area (Å²) in [6.07, 6.45) is 2.69. The molecular formula is C29H25F2N3O2. The molecular weight excluding hydrogens is 460 g/mol. The SMILES string of the molecule is COc1ccc2c(c1)CCc1nc(NC(=O)Cc3ccc(F)c(F)c3)c(CCc3ccccc3)nc1-2. The lowest BCUT2D eigenvalue weighted by Gasteiger charge is -2.21. The van der Waals surface area contributed by atoms with Gasteiger partial charge in [-0.2, -0.15) is 0 Å². The van der Waals surface area contributed by atoms with Crippen LogP contribution in [0.1, 0.15) is 28.1 Å². The molecule has 0 saturated carbocycles. The topological polar surface area (TPSA) is 64.1 Å². The van der Waals surface area contributed by atoms with E-state index in [1.165, 1.54) is 6.07 Å². The number of carbonyl (C=O) groups excluding carboxylic acids is 1. The molecule has 5 nitrogen and oxygen atoms in total. The maximum Gasteiger partial charge on any atom is 0.229 e. The Morgan fingerprint density at radius 1 is 0.917 bits per heavy atom. The monoisotopic (exact) mass is 485 g/mol. The van der Waals surface area contributed by atoms with Gasteiger partial charge in [0.25, 0.3) is 0 Å². The molecule has 0 bridgehead atoms. The molecule has 0 saturated heterocycles. The van der Waals surface area contributed by atoms with Crippen molar-refractivity contribution in [3.63, 3.8) is 0 Å². The van der Waals surface area contributed by atoms with Gasteiger partial charge in [-0.1, -0.05) is 36.4 Å². The summed E-state index contributed by atoms with van der Waals surface area (Å²) in [5.74, 6) is -1.07. The van der Waals surface area contributed by atoms with Crippen molar-refractivity contribution >= 4 is 11.7 Å². The van der Waals surface area contributed by atoms with Crippen molar-refractivity contribution in [2.75, 3.05) is 12.4 Å². The van der Waals surface area contributed by atoms with E-state index in [-0.39, 0.29) is 12.3 Å². The lowest BCUT2D eigenvalue weighted by molar-refractivity contribution is -0.115. The molecule has 1 amide bonds. The van der Waals surface area contributed by atoms with Crippen LogP contribution in [0.5, 0.6) is 5.75 Å². The summed E-state index contributed by atoms with van der Waals surface area (Å²) in [4.78, 5) is 22.6. The number of hydrogen-bond acceptors (Lipinski definition) is 4. The normalized spacial score (nSPS) is 12.0. The lowest BCUT2D eigenvalue weighted by atomic mass is 9.91. The highest BCUT2D eigenvalue weighted by Gasteiger charge is 2.23. The van der Waals surface area contributed by atoms with Crippen LogP contribution < -0.4 is 10.1 Å². The van der Waals surface area contributed by atoms with Gasteiger partial charge in [0, 0.05) is 5.56 Å². The van der Waals surface area contributed by atoms with Gasteiger partial charge >= 0.3 is 0 Å². The summed E-state index contributed by atoms with van der Waals surface area (Å²) < 4.78 is 32.2. The number of benzene rings is 3. The third kappa shape index (κ3) is 5.10. The Balaban J connectivity index is 1.46. The van der Waals surface area contributed by atoms with E-state index < -0.39 is 11.6 Å². The largest absolute Gasteiger partial charge is 0.497 e. The van der Waals surface area contributed by atoms with Crippen LogP contribution in [0.3, 0.4) is 0 Å². The number of ether oxygens (including phenoxy) is 1. The third-order valence-electron chi connectivity index (χ3n) is 6.34. The first-order chi connectivity index (χ1) is 17.5. The van der Waals surface area contributed by atoms with Crippen LogP contribution in [0.15, 0.2) is 66.7 Å². The van der Waals surface area contributed by atoms with Crippen molar-refractivity contribution in [1.82, 2.24) is 9.97 Å². The minimum absolute atomic E-state index is 0.100. The van der Waals surface area contributed by atoms with Crippen molar-refractivity contribution in [3.05, 3.63) is 106 Å². The fraction of sp³-hybridized carbons (Fsp3) is 0.207. The quantitative estimate of drug-likeness (QED) is 0.376. The van der Waals surface area contributed by atoms with Gasteiger partial charge in [0.2, 0.25) is 5.91 Å². The summed E-state index contributed by atoms with van der Waals surface area (Å²) in [5.41, 5.74) is 6.03. The van der Waals surface area contributed by atoms with Gasteiger partial charge in [0.15, 0.2) is 17.5 Å². The summed E-state index contributed by atoms with van der Waals surface area (Å²) in [6.45, 7) is 0. The van der Waals surface area contributed by atoms with Gasteiger partial charge in [-0.05, 0) is 72.7 Å².